The molecule has 1 fully saturated rings. The summed E-state index contributed by atoms with van der Waals surface area (Å²) in [6, 6.07) is 3.91. The molecule has 1 saturated carbocycles. The van der Waals surface area contributed by atoms with E-state index in [1.807, 2.05) is 0 Å². The third-order valence-electron chi connectivity index (χ3n) is 3.48. The molecule has 0 heterocycles. The molecule has 0 spiro atoms. The van der Waals surface area contributed by atoms with Crippen LogP contribution in [-0.2, 0) is 0 Å². The third-order valence-corrected chi connectivity index (χ3v) is 3.48. The van der Waals surface area contributed by atoms with Crippen LogP contribution in [0, 0.1) is 12.7 Å². The zero-order valence-electron chi connectivity index (χ0n) is 10.4. The highest BCUT2D eigenvalue weighted by Gasteiger charge is 2.25. The number of benzene rings is 1. The van der Waals surface area contributed by atoms with Gasteiger partial charge in [0.25, 0.3) is 5.91 Å². The molecule has 1 aromatic carbocycles. The van der Waals surface area contributed by atoms with Gasteiger partial charge in [0.15, 0.2) is 0 Å². The number of amides is 1. The third kappa shape index (κ3) is 2.88. The fourth-order valence-corrected chi connectivity index (χ4v) is 2.41. The van der Waals surface area contributed by atoms with E-state index in [0.717, 1.165) is 25.7 Å². The van der Waals surface area contributed by atoms with Crippen molar-refractivity contribution < 1.29 is 14.3 Å². The molecule has 2 rings (SSSR count). The molecule has 0 bridgehead atoms. The molecule has 2 N–H and O–H groups in total. The Bertz CT molecular complexity index is 447. The maximum Gasteiger partial charge on any atom is 0.251 e. The Hall–Kier alpha value is -1.42. The quantitative estimate of drug-likeness (QED) is 0.846. The molecule has 0 aromatic heterocycles. The minimum atomic E-state index is -0.469. The van der Waals surface area contributed by atoms with Crippen LogP contribution in [0.3, 0.4) is 0 Å². The van der Waals surface area contributed by atoms with E-state index in [1.54, 1.807) is 6.92 Å². The summed E-state index contributed by atoms with van der Waals surface area (Å²) in [4.78, 5) is 12.0. The van der Waals surface area contributed by atoms with E-state index >= 15 is 0 Å². The minimum absolute atomic E-state index is 0.185. The van der Waals surface area contributed by atoms with E-state index in [1.165, 1.54) is 18.2 Å². The monoisotopic (exact) mass is 251 g/mol. The van der Waals surface area contributed by atoms with Crippen molar-refractivity contribution in [2.45, 2.75) is 44.8 Å². The SMILES string of the molecule is Cc1cc(F)ccc1C(=O)N[C@@H]1CCCC[C@H]1O. The number of aliphatic hydroxyl groups is 1. The molecule has 1 aliphatic carbocycles. The van der Waals surface area contributed by atoms with E-state index in [-0.39, 0.29) is 17.8 Å². The summed E-state index contributed by atoms with van der Waals surface area (Å²) in [5.74, 6) is -0.583. The molecule has 3 nitrogen and oxygen atoms in total. The molecular formula is C14H18FNO2. The molecule has 98 valence electrons. The van der Waals surface area contributed by atoms with E-state index in [4.69, 9.17) is 0 Å². The topological polar surface area (TPSA) is 49.3 Å². The Balaban J connectivity index is 2.07. The van der Waals surface area contributed by atoms with Gasteiger partial charge in [-0.05, 0) is 43.5 Å². The maximum atomic E-state index is 13.0. The molecule has 4 heteroatoms. The largest absolute Gasteiger partial charge is 0.391 e. The lowest BCUT2D eigenvalue weighted by Gasteiger charge is -2.28. The molecule has 0 aliphatic heterocycles. The molecule has 1 amide bonds. The highest BCUT2D eigenvalue weighted by atomic mass is 19.1. The predicted octanol–water partition coefficient (Wildman–Crippen LogP) is 2.17. The number of carbonyl (C=O) groups excluding carboxylic acids is 1. The molecule has 0 radical (unpaired) electrons. The number of hydrogen-bond donors (Lipinski definition) is 2. The van der Waals surface area contributed by atoms with Crippen LogP contribution < -0.4 is 5.32 Å². The van der Waals surface area contributed by atoms with E-state index in [2.05, 4.69) is 5.32 Å². The van der Waals surface area contributed by atoms with Crippen molar-refractivity contribution in [1.29, 1.82) is 0 Å². The van der Waals surface area contributed by atoms with Gasteiger partial charge in [0.05, 0.1) is 12.1 Å². The van der Waals surface area contributed by atoms with Crippen molar-refractivity contribution in [2.75, 3.05) is 0 Å². The second kappa shape index (κ2) is 5.48. The van der Waals surface area contributed by atoms with Crippen LogP contribution in [0.5, 0.6) is 0 Å². The van der Waals surface area contributed by atoms with Gasteiger partial charge in [-0.2, -0.15) is 0 Å². The van der Waals surface area contributed by atoms with Crippen LogP contribution in [0.4, 0.5) is 4.39 Å². The minimum Gasteiger partial charge on any atom is -0.391 e. The first-order chi connectivity index (χ1) is 8.58. The zero-order valence-corrected chi connectivity index (χ0v) is 10.4. The molecule has 2 atom stereocenters. The van der Waals surface area contributed by atoms with Crippen LogP contribution in [-0.4, -0.2) is 23.2 Å². The standard InChI is InChI=1S/C14H18FNO2/c1-9-8-10(15)6-7-11(9)14(18)16-12-4-2-3-5-13(12)17/h6-8,12-13,17H,2-5H2,1H3,(H,16,18)/t12-,13-/m1/s1. The lowest BCUT2D eigenvalue weighted by molar-refractivity contribution is 0.0717. The Morgan fingerprint density at radius 2 is 2.11 bits per heavy atom. The Labute approximate surface area is 106 Å². The summed E-state index contributed by atoms with van der Waals surface area (Å²) >= 11 is 0. The highest BCUT2D eigenvalue weighted by molar-refractivity contribution is 5.95. The first kappa shape index (κ1) is 13.0. The summed E-state index contributed by atoms with van der Waals surface area (Å²) in [6.07, 6.45) is 3.08. The molecule has 0 unspecified atom stereocenters. The van der Waals surface area contributed by atoms with E-state index < -0.39 is 6.10 Å². The number of carbonyl (C=O) groups is 1. The number of aliphatic hydroxyl groups excluding tert-OH is 1. The fraction of sp³-hybridized carbons (Fsp3) is 0.500. The van der Waals surface area contributed by atoms with Crippen molar-refractivity contribution in [3.63, 3.8) is 0 Å². The number of aryl methyl sites for hydroxylation is 1. The van der Waals surface area contributed by atoms with Crippen molar-refractivity contribution in [1.82, 2.24) is 5.32 Å². The van der Waals surface area contributed by atoms with Crippen LogP contribution >= 0.6 is 0 Å². The summed E-state index contributed by atoms with van der Waals surface area (Å²) in [7, 11) is 0. The molecular weight excluding hydrogens is 233 g/mol. The molecule has 0 saturated heterocycles. The van der Waals surface area contributed by atoms with Gasteiger partial charge in [-0.3, -0.25) is 4.79 Å². The van der Waals surface area contributed by atoms with Gasteiger partial charge in [-0.25, -0.2) is 4.39 Å². The van der Waals surface area contributed by atoms with E-state index in [9.17, 15) is 14.3 Å². The van der Waals surface area contributed by atoms with Gasteiger partial charge in [-0.15, -0.1) is 0 Å². The van der Waals surface area contributed by atoms with Gasteiger partial charge in [-0.1, -0.05) is 12.8 Å². The van der Waals surface area contributed by atoms with Gasteiger partial charge >= 0.3 is 0 Å². The number of rotatable bonds is 2. The zero-order chi connectivity index (χ0) is 13.1. The average Bonchev–Trinajstić information content (AvgIpc) is 2.32. The molecule has 1 aliphatic rings. The van der Waals surface area contributed by atoms with Gasteiger partial charge < -0.3 is 10.4 Å². The second-order valence-electron chi connectivity index (χ2n) is 4.89. The van der Waals surface area contributed by atoms with Crippen molar-refractivity contribution >= 4 is 5.91 Å². The molecule has 1 aromatic rings. The normalized spacial score (nSPS) is 23.7. The summed E-state index contributed by atoms with van der Waals surface area (Å²) < 4.78 is 13.0. The number of hydrogen-bond acceptors (Lipinski definition) is 2. The lowest BCUT2D eigenvalue weighted by atomic mass is 9.92. The summed E-state index contributed by atoms with van der Waals surface area (Å²) in [6.45, 7) is 1.70. The lowest BCUT2D eigenvalue weighted by Crippen LogP contribution is -2.45. The summed E-state index contributed by atoms with van der Waals surface area (Å²) in [5, 5.41) is 12.6. The smallest absolute Gasteiger partial charge is 0.251 e. The Morgan fingerprint density at radius 3 is 2.78 bits per heavy atom. The molecule has 18 heavy (non-hydrogen) atoms. The Kier molecular flexibility index (Phi) is 3.97. The Morgan fingerprint density at radius 1 is 1.39 bits per heavy atom. The second-order valence-corrected chi connectivity index (χ2v) is 4.89. The number of halogens is 1. The van der Waals surface area contributed by atoms with Gasteiger partial charge in [0.2, 0.25) is 0 Å². The first-order valence-electron chi connectivity index (χ1n) is 6.33. The first-order valence-corrected chi connectivity index (χ1v) is 6.33. The van der Waals surface area contributed by atoms with Gasteiger partial charge in [0, 0.05) is 5.56 Å². The van der Waals surface area contributed by atoms with Crippen LogP contribution in [0.25, 0.3) is 0 Å². The predicted molar refractivity (Wildman–Crippen MR) is 66.9 cm³/mol. The number of nitrogens with one attached hydrogen (secondary N) is 1. The van der Waals surface area contributed by atoms with E-state index in [0.29, 0.717) is 11.1 Å². The van der Waals surface area contributed by atoms with Gasteiger partial charge in [0.1, 0.15) is 5.82 Å². The van der Waals surface area contributed by atoms with Crippen molar-refractivity contribution in [3.05, 3.63) is 35.1 Å². The maximum absolute atomic E-state index is 13.0. The van der Waals surface area contributed by atoms with Crippen LogP contribution in [0.2, 0.25) is 0 Å². The summed E-state index contributed by atoms with van der Waals surface area (Å²) in [5.41, 5.74) is 1.08. The fourth-order valence-electron chi connectivity index (χ4n) is 2.41. The van der Waals surface area contributed by atoms with Crippen LogP contribution in [0.1, 0.15) is 41.6 Å². The van der Waals surface area contributed by atoms with Crippen molar-refractivity contribution in [2.24, 2.45) is 0 Å². The average molecular weight is 251 g/mol. The highest BCUT2D eigenvalue weighted by Crippen LogP contribution is 2.19. The van der Waals surface area contributed by atoms with Crippen molar-refractivity contribution in [3.8, 4) is 0 Å². The van der Waals surface area contributed by atoms with Crippen LogP contribution in [0.15, 0.2) is 18.2 Å².